The molecule has 1 nitrogen and oxygen atoms in total. The van der Waals surface area contributed by atoms with Gasteiger partial charge in [-0.15, -0.1) is 0 Å². The summed E-state index contributed by atoms with van der Waals surface area (Å²) in [7, 11) is 0. The van der Waals surface area contributed by atoms with Gasteiger partial charge in [-0.05, 0) is 30.7 Å². The molecule has 0 saturated carbocycles. The van der Waals surface area contributed by atoms with Crippen LogP contribution in [0.5, 0.6) is 5.75 Å². The van der Waals surface area contributed by atoms with Crippen LogP contribution in [0, 0.1) is 6.92 Å². The maximum Gasteiger partial charge on any atom is 0.121 e. The number of benzene rings is 2. The Morgan fingerprint density at radius 3 is 2.62 bits per heavy atom. The van der Waals surface area contributed by atoms with Crippen LogP contribution in [0.1, 0.15) is 11.1 Å². The average molecular weight is 233 g/mol. The Morgan fingerprint density at radius 1 is 1.06 bits per heavy atom. The van der Waals surface area contributed by atoms with Crippen molar-refractivity contribution in [2.24, 2.45) is 0 Å². The van der Waals surface area contributed by atoms with Gasteiger partial charge in [0.2, 0.25) is 0 Å². The lowest BCUT2D eigenvalue weighted by molar-refractivity contribution is 0.306. The highest BCUT2D eigenvalue weighted by molar-refractivity contribution is 6.30. The van der Waals surface area contributed by atoms with E-state index in [4.69, 9.17) is 16.3 Å². The molecule has 0 spiro atoms. The summed E-state index contributed by atoms with van der Waals surface area (Å²) in [4.78, 5) is 0. The average Bonchev–Trinajstić information content (AvgIpc) is 2.27. The molecular weight excluding hydrogens is 220 g/mol. The highest BCUT2D eigenvalue weighted by Gasteiger charge is 1.97. The van der Waals surface area contributed by atoms with Crippen molar-refractivity contribution < 1.29 is 4.74 Å². The van der Waals surface area contributed by atoms with E-state index in [1.807, 2.05) is 30.3 Å². The molecule has 0 atom stereocenters. The van der Waals surface area contributed by atoms with Crippen LogP contribution in [0.3, 0.4) is 0 Å². The van der Waals surface area contributed by atoms with Crippen LogP contribution in [-0.4, -0.2) is 0 Å². The van der Waals surface area contributed by atoms with Gasteiger partial charge in [-0.2, -0.15) is 0 Å². The number of hydrogen-bond acceptors (Lipinski definition) is 1. The predicted molar refractivity (Wildman–Crippen MR) is 67.0 cm³/mol. The smallest absolute Gasteiger partial charge is 0.121 e. The second-order valence-corrected chi connectivity index (χ2v) is 4.17. The first-order valence-electron chi connectivity index (χ1n) is 5.18. The summed E-state index contributed by atoms with van der Waals surface area (Å²) in [5.74, 6) is 0.800. The Hall–Kier alpha value is -1.47. The van der Waals surface area contributed by atoms with Crippen molar-refractivity contribution in [3.8, 4) is 5.75 Å². The van der Waals surface area contributed by atoms with E-state index in [-0.39, 0.29) is 0 Å². The van der Waals surface area contributed by atoms with Crippen molar-refractivity contribution in [1.29, 1.82) is 0 Å². The molecule has 0 unspecified atom stereocenters. The van der Waals surface area contributed by atoms with Crippen molar-refractivity contribution in [3.63, 3.8) is 0 Å². The second-order valence-electron chi connectivity index (χ2n) is 3.74. The first-order valence-corrected chi connectivity index (χ1v) is 5.56. The van der Waals surface area contributed by atoms with E-state index >= 15 is 0 Å². The highest BCUT2D eigenvalue weighted by atomic mass is 35.5. The van der Waals surface area contributed by atoms with Crippen LogP contribution in [0.4, 0.5) is 0 Å². The van der Waals surface area contributed by atoms with E-state index in [1.54, 1.807) is 0 Å². The summed E-state index contributed by atoms with van der Waals surface area (Å²) in [6.45, 7) is 2.64. The van der Waals surface area contributed by atoms with E-state index in [0.717, 1.165) is 5.75 Å². The standard InChI is InChI=1S/C14H13ClO/c1-11-4-2-5-12(8-11)10-16-14-7-3-6-13(15)9-14/h2-9H,10H2,1H3. The number of halogens is 1. The van der Waals surface area contributed by atoms with Crippen LogP contribution in [0.25, 0.3) is 0 Å². The van der Waals surface area contributed by atoms with Crippen molar-refractivity contribution >= 4 is 11.6 Å². The maximum absolute atomic E-state index is 5.87. The molecule has 0 aliphatic carbocycles. The van der Waals surface area contributed by atoms with Gasteiger partial charge >= 0.3 is 0 Å². The number of rotatable bonds is 3. The molecule has 0 fully saturated rings. The number of ether oxygens (including phenoxy) is 1. The molecular formula is C14H13ClO. The Labute approximate surface area is 101 Å². The lowest BCUT2D eigenvalue weighted by atomic mass is 10.1. The first kappa shape index (κ1) is 11.0. The topological polar surface area (TPSA) is 9.23 Å². The minimum Gasteiger partial charge on any atom is -0.489 e. The van der Waals surface area contributed by atoms with Gasteiger partial charge in [0.05, 0.1) is 0 Å². The number of hydrogen-bond donors (Lipinski definition) is 0. The lowest BCUT2D eigenvalue weighted by Gasteiger charge is -2.06. The largest absolute Gasteiger partial charge is 0.489 e. The van der Waals surface area contributed by atoms with Crippen molar-refractivity contribution in [2.75, 3.05) is 0 Å². The van der Waals surface area contributed by atoms with Gasteiger partial charge in [-0.3, -0.25) is 0 Å². The lowest BCUT2D eigenvalue weighted by Crippen LogP contribution is -1.95. The van der Waals surface area contributed by atoms with Gasteiger partial charge in [0, 0.05) is 5.02 Å². The Kier molecular flexibility index (Phi) is 3.47. The van der Waals surface area contributed by atoms with Crippen LogP contribution in [-0.2, 0) is 6.61 Å². The van der Waals surface area contributed by atoms with Crippen molar-refractivity contribution in [3.05, 3.63) is 64.7 Å². The Balaban J connectivity index is 2.02. The highest BCUT2D eigenvalue weighted by Crippen LogP contribution is 2.18. The van der Waals surface area contributed by atoms with E-state index < -0.39 is 0 Å². The van der Waals surface area contributed by atoms with Gasteiger partial charge in [0.15, 0.2) is 0 Å². The normalized spacial score (nSPS) is 10.1. The van der Waals surface area contributed by atoms with E-state index in [0.29, 0.717) is 11.6 Å². The molecule has 0 N–H and O–H groups in total. The van der Waals surface area contributed by atoms with E-state index in [1.165, 1.54) is 11.1 Å². The molecule has 0 bridgehead atoms. The third-order valence-corrected chi connectivity index (χ3v) is 2.52. The zero-order chi connectivity index (χ0) is 11.4. The Bertz CT molecular complexity index is 434. The fraction of sp³-hybridized carbons (Fsp3) is 0.143. The van der Waals surface area contributed by atoms with Crippen LogP contribution in [0.2, 0.25) is 5.02 Å². The molecule has 0 radical (unpaired) electrons. The molecule has 0 aliphatic heterocycles. The second kappa shape index (κ2) is 5.04. The Morgan fingerprint density at radius 2 is 1.88 bits per heavy atom. The van der Waals surface area contributed by atoms with Gasteiger partial charge in [-0.1, -0.05) is 47.5 Å². The molecule has 2 aromatic carbocycles. The molecule has 0 aromatic heterocycles. The molecule has 16 heavy (non-hydrogen) atoms. The van der Waals surface area contributed by atoms with E-state index in [9.17, 15) is 0 Å². The number of aryl methyl sites for hydroxylation is 1. The van der Waals surface area contributed by atoms with Gasteiger partial charge in [0.25, 0.3) is 0 Å². The zero-order valence-electron chi connectivity index (χ0n) is 9.11. The zero-order valence-corrected chi connectivity index (χ0v) is 9.87. The summed E-state index contributed by atoms with van der Waals surface area (Å²) < 4.78 is 5.64. The summed E-state index contributed by atoms with van der Waals surface area (Å²) in [5, 5.41) is 0.696. The molecule has 0 amide bonds. The third kappa shape index (κ3) is 3.01. The van der Waals surface area contributed by atoms with Crippen LogP contribution >= 0.6 is 11.6 Å². The third-order valence-electron chi connectivity index (χ3n) is 2.28. The van der Waals surface area contributed by atoms with E-state index in [2.05, 4.69) is 25.1 Å². The van der Waals surface area contributed by atoms with Gasteiger partial charge < -0.3 is 4.74 Å². The molecule has 0 heterocycles. The van der Waals surface area contributed by atoms with Crippen molar-refractivity contribution in [2.45, 2.75) is 13.5 Å². The predicted octanol–water partition coefficient (Wildman–Crippen LogP) is 4.23. The summed E-state index contributed by atoms with van der Waals surface area (Å²) >= 11 is 5.87. The quantitative estimate of drug-likeness (QED) is 0.770. The summed E-state index contributed by atoms with van der Waals surface area (Å²) in [5.41, 5.74) is 2.41. The monoisotopic (exact) mass is 232 g/mol. The SMILES string of the molecule is Cc1cccc(COc2cccc(Cl)c2)c1. The minimum atomic E-state index is 0.571. The molecule has 0 aliphatic rings. The molecule has 2 heteroatoms. The summed E-state index contributed by atoms with van der Waals surface area (Å²) in [6.07, 6.45) is 0. The fourth-order valence-corrected chi connectivity index (χ4v) is 1.71. The summed E-state index contributed by atoms with van der Waals surface area (Å²) in [6, 6.07) is 15.7. The minimum absolute atomic E-state index is 0.571. The maximum atomic E-state index is 5.87. The fourth-order valence-electron chi connectivity index (χ4n) is 1.53. The van der Waals surface area contributed by atoms with Gasteiger partial charge in [-0.25, -0.2) is 0 Å². The van der Waals surface area contributed by atoms with Crippen LogP contribution in [0.15, 0.2) is 48.5 Å². The van der Waals surface area contributed by atoms with Crippen LogP contribution < -0.4 is 4.74 Å². The first-order chi connectivity index (χ1) is 7.74. The molecule has 2 rings (SSSR count). The molecule has 82 valence electrons. The molecule has 0 saturated heterocycles. The van der Waals surface area contributed by atoms with Gasteiger partial charge in [0.1, 0.15) is 12.4 Å². The van der Waals surface area contributed by atoms with Crippen molar-refractivity contribution in [1.82, 2.24) is 0 Å². The molecule has 2 aromatic rings.